The van der Waals surface area contributed by atoms with Crippen LogP contribution >= 0.6 is 0 Å². The lowest BCUT2D eigenvalue weighted by Gasteiger charge is -2.44. The number of carbonyl (C=O) groups is 3. The third-order valence-electron chi connectivity index (χ3n) is 3.62. The van der Waals surface area contributed by atoms with E-state index in [1.54, 1.807) is 20.8 Å². The Morgan fingerprint density at radius 2 is 1.62 bits per heavy atom. The Hall–Kier alpha value is -1.21. The number of rotatable bonds is 3. The molecule has 0 aromatic carbocycles. The Morgan fingerprint density at radius 3 is 2.08 bits per heavy atom. The van der Waals surface area contributed by atoms with Crippen LogP contribution in [0.3, 0.4) is 0 Å². The average molecular weight is 358 g/mol. The van der Waals surface area contributed by atoms with Crippen molar-refractivity contribution in [2.75, 3.05) is 0 Å². The SMILES string of the molecule is CC(C)(C)OC(=O)N1C(=O)CC(=O)CC1C(C)(C)O[SiH2]C(C)(C)C. The maximum atomic E-state index is 12.5. The first-order valence-corrected chi connectivity index (χ1v) is 9.61. The van der Waals surface area contributed by atoms with E-state index in [-0.39, 0.29) is 23.7 Å². The molecule has 1 rings (SSSR count). The second-order valence-corrected chi connectivity index (χ2v) is 11.8. The highest BCUT2D eigenvalue weighted by Crippen LogP contribution is 2.32. The highest BCUT2D eigenvalue weighted by atomic mass is 28.2. The molecule has 0 radical (unpaired) electrons. The second-order valence-electron chi connectivity index (χ2n) is 9.13. The number of likely N-dealkylation sites (tertiary alicyclic amines) is 1. The number of Topliss-reactive ketones (excluding diaryl/α,β-unsaturated/α-hetero) is 1. The van der Waals surface area contributed by atoms with Crippen molar-refractivity contribution in [2.45, 2.75) is 90.5 Å². The van der Waals surface area contributed by atoms with Gasteiger partial charge in [0.25, 0.3) is 0 Å². The first-order chi connectivity index (χ1) is 10.6. The Kier molecular flexibility index (Phi) is 6.04. The summed E-state index contributed by atoms with van der Waals surface area (Å²) in [6, 6.07) is -0.643. The largest absolute Gasteiger partial charge is 0.443 e. The lowest BCUT2D eigenvalue weighted by molar-refractivity contribution is -0.147. The zero-order chi connectivity index (χ0) is 18.9. The van der Waals surface area contributed by atoms with E-state index < -0.39 is 39.0 Å². The van der Waals surface area contributed by atoms with Crippen LogP contribution in [0, 0.1) is 0 Å². The molecule has 0 saturated carbocycles. The quantitative estimate of drug-likeness (QED) is 0.573. The molecule has 0 bridgehead atoms. The molecular weight excluding hydrogens is 326 g/mol. The standard InChI is InChI=1S/C17H31NO5Si/c1-15(2,3)22-14(21)18-12(9-11(19)10-13(18)20)17(7,8)23-24-16(4,5)6/h12H,9-10,24H2,1-8H3. The lowest BCUT2D eigenvalue weighted by atomic mass is 9.88. The summed E-state index contributed by atoms with van der Waals surface area (Å²) in [5, 5.41) is 0.0662. The number of piperidine rings is 1. The first kappa shape index (κ1) is 20.8. The van der Waals surface area contributed by atoms with Gasteiger partial charge in [-0.2, -0.15) is 0 Å². The third kappa shape index (κ3) is 6.01. The van der Waals surface area contributed by atoms with Gasteiger partial charge >= 0.3 is 6.09 Å². The molecule has 2 amide bonds. The van der Waals surface area contributed by atoms with Crippen molar-refractivity contribution in [3.63, 3.8) is 0 Å². The summed E-state index contributed by atoms with van der Waals surface area (Å²) in [7, 11) is -0.916. The first-order valence-electron chi connectivity index (χ1n) is 8.33. The van der Waals surface area contributed by atoms with Crippen LogP contribution in [0.25, 0.3) is 0 Å². The van der Waals surface area contributed by atoms with Crippen molar-refractivity contribution in [3.8, 4) is 0 Å². The molecular formula is C17H31NO5Si. The topological polar surface area (TPSA) is 72.9 Å². The maximum Gasteiger partial charge on any atom is 0.417 e. The Morgan fingerprint density at radius 1 is 1.08 bits per heavy atom. The number of nitrogens with zero attached hydrogens (tertiary/aromatic N) is 1. The van der Waals surface area contributed by atoms with Crippen molar-refractivity contribution >= 4 is 27.5 Å². The van der Waals surface area contributed by atoms with Crippen LogP contribution in [0.4, 0.5) is 4.79 Å². The normalized spacial score (nSPS) is 20.8. The van der Waals surface area contributed by atoms with Crippen molar-refractivity contribution in [1.82, 2.24) is 4.90 Å². The van der Waals surface area contributed by atoms with Crippen LogP contribution < -0.4 is 0 Å². The van der Waals surface area contributed by atoms with Gasteiger partial charge in [0.05, 0.1) is 18.1 Å². The number of ether oxygens (including phenoxy) is 1. The maximum absolute atomic E-state index is 12.5. The highest BCUT2D eigenvalue weighted by Gasteiger charge is 2.47. The minimum atomic E-state index is -0.916. The molecule has 1 fully saturated rings. The summed E-state index contributed by atoms with van der Waals surface area (Å²) in [4.78, 5) is 37.9. The fourth-order valence-corrected chi connectivity index (χ4v) is 3.40. The molecule has 6 nitrogen and oxygen atoms in total. The van der Waals surface area contributed by atoms with E-state index in [4.69, 9.17) is 9.16 Å². The molecule has 24 heavy (non-hydrogen) atoms. The monoisotopic (exact) mass is 357 g/mol. The second kappa shape index (κ2) is 6.96. The summed E-state index contributed by atoms with van der Waals surface area (Å²) in [5.41, 5.74) is -1.50. The van der Waals surface area contributed by atoms with Gasteiger partial charge in [0, 0.05) is 6.42 Å². The molecule has 7 heteroatoms. The van der Waals surface area contributed by atoms with Crippen LogP contribution in [0.1, 0.15) is 68.2 Å². The van der Waals surface area contributed by atoms with E-state index in [2.05, 4.69) is 20.8 Å². The number of ketones is 1. The smallest absolute Gasteiger partial charge is 0.417 e. The van der Waals surface area contributed by atoms with Gasteiger partial charge in [-0.1, -0.05) is 20.8 Å². The molecule has 1 heterocycles. The van der Waals surface area contributed by atoms with Crippen molar-refractivity contribution in [3.05, 3.63) is 0 Å². The number of imide groups is 1. The predicted octanol–water partition coefficient (Wildman–Crippen LogP) is 2.58. The summed E-state index contributed by atoms with van der Waals surface area (Å²) in [6.07, 6.45) is -0.863. The molecule has 1 aliphatic heterocycles. The number of hydrogen-bond donors (Lipinski definition) is 0. The van der Waals surface area contributed by atoms with Gasteiger partial charge in [0.1, 0.15) is 11.4 Å². The summed E-state index contributed by atoms with van der Waals surface area (Å²) in [5.74, 6) is -0.682. The van der Waals surface area contributed by atoms with Gasteiger partial charge in [-0.05, 0) is 39.7 Å². The molecule has 1 unspecified atom stereocenters. The zero-order valence-corrected chi connectivity index (χ0v) is 17.6. The molecule has 1 saturated heterocycles. The van der Waals surface area contributed by atoms with Gasteiger partial charge in [-0.25, -0.2) is 9.69 Å². The van der Waals surface area contributed by atoms with Gasteiger partial charge in [0.2, 0.25) is 5.91 Å². The summed E-state index contributed by atoms with van der Waals surface area (Å²) < 4.78 is 11.5. The number of carbonyl (C=O) groups excluding carboxylic acids is 3. The summed E-state index contributed by atoms with van der Waals surface area (Å²) in [6.45, 7) is 15.2. The van der Waals surface area contributed by atoms with Crippen LogP contribution in [0.2, 0.25) is 5.04 Å². The zero-order valence-electron chi connectivity index (χ0n) is 16.2. The molecule has 1 atom stereocenters. The highest BCUT2D eigenvalue weighted by molar-refractivity contribution is 6.31. The van der Waals surface area contributed by atoms with E-state index in [0.29, 0.717) is 0 Å². The number of hydrogen-bond acceptors (Lipinski definition) is 5. The van der Waals surface area contributed by atoms with E-state index in [1.807, 2.05) is 13.8 Å². The Bertz CT molecular complexity index is 516. The Labute approximate surface area is 147 Å². The van der Waals surface area contributed by atoms with Crippen molar-refractivity contribution < 1.29 is 23.5 Å². The predicted molar refractivity (Wildman–Crippen MR) is 94.5 cm³/mol. The molecule has 1 aliphatic rings. The molecule has 0 aromatic rings. The van der Waals surface area contributed by atoms with Crippen LogP contribution in [-0.4, -0.2) is 49.7 Å². The van der Waals surface area contributed by atoms with Crippen LogP contribution in [-0.2, 0) is 18.8 Å². The van der Waals surface area contributed by atoms with Crippen LogP contribution in [0.5, 0.6) is 0 Å². The molecule has 0 aliphatic carbocycles. The average Bonchev–Trinajstić information content (AvgIpc) is 2.32. The van der Waals surface area contributed by atoms with Gasteiger partial charge in [0.15, 0.2) is 9.76 Å². The third-order valence-corrected chi connectivity index (χ3v) is 5.37. The molecule has 0 N–H and O–H groups in total. The fourth-order valence-electron chi connectivity index (χ4n) is 2.40. The van der Waals surface area contributed by atoms with E-state index in [0.717, 1.165) is 4.90 Å². The summed E-state index contributed by atoms with van der Waals surface area (Å²) >= 11 is 0. The van der Waals surface area contributed by atoms with Crippen LogP contribution in [0.15, 0.2) is 0 Å². The van der Waals surface area contributed by atoms with Gasteiger partial charge in [-0.3, -0.25) is 9.59 Å². The van der Waals surface area contributed by atoms with E-state index >= 15 is 0 Å². The number of amides is 2. The minimum Gasteiger partial charge on any atom is -0.443 e. The van der Waals surface area contributed by atoms with Crippen molar-refractivity contribution in [1.29, 1.82) is 0 Å². The molecule has 138 valence electrons. The Balaban J connectivity index is 3.06. The van der Waals surface area contributed by atoms with E-state index in [9.17, 15) is 14.4 Å². The lowest BCUT2D eigenvalue weighted by Crippen LogP contribution is -2.60. The molecule has 0 spiro atoms. The minimum absolute atomic E-state index is 0.0662. The van der Waals surface area contributed by atoms with Crippen molar-refractivity contribution in [2.24, 2.45) is 0 Å². The van der Waals surface area contributed by atoms with Gasteiger partial charge in [-0.15, -0.1) is 0 Å². The fraction of sp³-hybridized carbons (Fsp3) is 0.824. The van der Waals surface area contributed by atoms with E-state index in [1.165, 1.54) is 0 Å². The molecule has 0 aromatic heterocycles. The van der Waals surface area contributed by atoms with Gasteiger partial charge < -0.3 is 9.16 Å².